The van der Waals surface area contributed by atoms with Crippen molar-refractivity contribution in [3.05, 3.63) is 29.1 Å². The van der Waals surface area contributed by atoms with Crippen molar-refractivity contribution in [3.63, 3.8) is 0 Å². The third kappa shape index (κ3) is 2.26. The molecule has 1 N–H and O–H groups in total. The number of anilines is 1. The molecule has 5 nitrogen and oxygen atoms in total. The molecule has 0 aromatic carbocycles. The van der Waals surface area contributed by atoms with E-state index in [1.807, 2.05) is 13.1 Å². The van der Waals surface area contributed by atoms with Crippen LogP contribution in [-0.4, -0.2) is 19.3 Å². The first kappa shape index (κ1) is 10.6. The maximum absolute atomic E-state index is 4.56. The van der Waals surface area contributed by atoms with Crippen molar-refractivity contribution >= 4 is 16.7 Å². The summed E-state index contributed by atoms with van der Waals surface area (Å²) in [7, 11) is 0. The Morgan fingerprint density at radius 1 is 1.35 bits per heavy atom. The molecule has 2 aromatic heterocycles. The summed E-state index contributed by atoms with van der Waals surface area (Å²) in [6.45, 7) is 2.50. The predicted molar refractivity (Wildman–Crippen MR) is 66.0 cm³/mol. The molecule has 0 saturated carbocycles. The van der Waals surface area contributed by atoms with E-state index in [0.29, 0.717) is 6.54 Å². The van der Waals surface area contributed by atoms with Crippen molar-refractivity contribution in [3.8, 4) is 0 Å². The highest BCUT2D eigenvalue weighted by Crippen LogP contribution is 2.19. The minimum atomic E-state index is 0.613. The van der Waals surface area contributed by atoms with Crippen LogP contribution < -0.4 is 5.32 Å². The van der Waals surface area contributed by atoms with Crippen LogP contribution in [-0.2, 0) is 19.4 Å². The number of nitrogens with one attached hydrogen (secondary N) is 1. The molecule has 0 unspecified atom stereocenters. The van der Waals surface area contributed by atoms with Gasteiger partial charge in [0.2, 0.25) is 5.13 Å². The lowest BCUT2D eigenvalue weighted by Crippen LogP contribution is -2.06. The Kier molecular flexibility index (Phi) is 2.72. The van der Waals surface area contributed by atoms with E-state index in [4.69, 9.17) is 0 Å². The Hall–Kier alpha value is -1.56. The molecular formula is C11H13N5S. The number of hydrogen-bond donors (Lipinski definition) is 1. The lowest BCUT2D eigenvalue weighted by Gasteiger charge is -2.03. The van der Waals surface area contributed by atoms with Crippen molar-refractivity contribution < 1.29 is 0 Å². The average molecular weight is 247 g/mol. The van der Waals surface area contributed by atoms with E-state index in [1.54, 1.807) is 0 Å². The number of aromatic nitrogens is 4. The predicted octanol–water partition coefficient (Wildman–Crippen LogP) is 1.74. The average Bonchev–Trinajstić information content (AvgIpc) is 2.94. The number of hydrogen-bond acceptors (Lipinski definition) is 6. The van der Waals surface area contributed by atoms with Gasteiger partial charge in [-0.15, -0.1) is 0 Å². The van der Waals surface area contributed by atoms with Gasteiger partial charge in [0.25, 0.3) is 0 Å². The van der Waals surface area contributed by atoms with Crippen LogP contribution in [0.1, 0.15) is 29.3 Å². The fourth-order valence-corrected chi connectivity index (χ4v) is 2.53. The third-order valence-electron chi connectivity index (χ3n) is 2.79. The Labute approximate surface area is 104 Å². The molecule has 1 aliphatic rings. The molecule has 17 heavy (non-hydrogen) atoms. The SMILES string of the molecule is Cc1nsc(NCc2ncc3c(n2)CCC3)n1. The molecule has 1 aliphatic carbocycles. The minimum Gasteiger partial charge on any atom is -0.353 e. The second-order valence-electron chi connectivity index (χ2n) is 4.11. The molecule has 2 heterocycles. The second-order valence-corrected chi connectivity index (χ2v) is 4.86. The summed E-state index contributed by atoms with van der Waals surface area (Å²) in [4.78, 5) is 13.2. The van der Waals surface area contributed by atoms with Gasteiger partial charge >= 0.3 is 0 Å². The molecule has 0 atom stereocenters. The van der Waals surface area contributed by atoms with Crippen LogP contribution >= 0.6 is 11.5 Å². The zero-order valence-corrected chi connectivity index (χ0v) is 10.4. The van der Waals surface area contributed by atoms with Crippen molar-refractivity contribution in [2.45, 2.75) is 32.7 Å². The standard InChI is InChI=1S/C11H13N5S/c1-7-14-11(17-16-7)13-6-10-12-5-8-3-2-4-9(8)15-10/h5H,2-4,6H2,1H3,(H,13,14,16). The summed E-state index contributed by atoms with van der Waals surface area (Å²) < 4.78 is 4.11. The maximum atomic E-state index is 4.56. The van der Waals surface area contributed by atoms with E-state index in [1.165, 1.54) is 29.2 Å². The highest BCUT2D eigenvalue weighted by atomic mass is 32.1. The molecule has 0 amide bonds. The normalized spacial score (nSPS) is 13.7. The summed E-state index contributed by atoms with van der Waals surface area (Å²) in [5, 5.41) is 4.02. The van der Waals surface area contributed by atoms with Gasteiger partial charge in [0.15, 0.2) is 0 Å². The molecule has 88 valence electrons. The van der Waals surface area contributed by atoms with Gasteiger partial charge in [0, 0.05) is 23.4 Å². The van der Waals surface area contributed by atoms with Crippen molar-refractivity contribution in [1.29, 1.82) is 0 Å². The van der Waals surface area contributed by atoms with E-state index < -0.39 is 0 Å². The van der Waals surface area contributed by atoms with Gasteiger partial charge in [0.1, 0.15) is 11.6 Å². The highest BCUT2D eigenvalue weighted by molar-refractivity contribution is 7.09. The van der Waals surface area contributed by atoms with Gasteiger partial charge < -0.3 is 5.32 Å². The van der Waals surface area contributed by atoms with Gasteiger partial charge in [-0.05, 0) is 31.7 Å². The molecule has 0 saturated heterocycles. The topological polar surface area (TPSA) is 63.6 Å². The van der Waals surface area contributed by atoms with Gasteiger partial charge in [-0.25, -0.2) is 15.0 Å². The molecule has 0 bridgehead atoms. The summed E-state index contributed by atoms with van der Waals surface area (Å²) in [5.74, 6) is 1.63. The molecule has 0 fully saturated rings. The quantitative estimate of drug-likeness (QED) is 0.895. The molecule has 2 aromatic rings. The number of rotatable bonds is 3. The molecule has 0 spiro atoms. The lowest BCUT2D eigenvalue weighted by atomic mass is 10.3. The summed E-state index contributed by atoms with van der Waals surface area (Å²) in [5.41, 5.74) is 2.52. The smallest absolute Gasteiger partial charge is 0.202 e. The first-order valence-electron chi connectivity index (χ1n) is 5.69. The largest absolute Gasteiger partial charge is 0.353 e. The molecule has 0 aliphatic heterocycles. The third-order valence-corrected chi connectivity index (χ3v) is 3.55. The van der Waals surface area contributed by atoms with E-state index in [-0.39, 0.29) is 0 Å². The Morgan fingerprint density at radius 3 is 3.12 bits per heavy atom. The first-order chi connectivity index (χ1) is 8.31. The second kappa shape index (κ2) is 4.37. The van der Waals surface area contributed by atoms with Crippen LogP contribution in [0.2, 0.25) is 0 Å². The van der Waals surface area contributed by atoms with E-state index in [9.17, 15) is 0 Å². The number of aryl methyl sites for hydroxylation is 3. The molecule has 3 rings (SSSR count). The lowest BCUT2D eigenvalue weighted by molar-refractivity contribution is 0.880. The minimum absolute atomic E-state index is 0.613. The van der Waals surface area contributed by atoms with Gasteiger partial charge in [-0.1, -0.05) is 0 Å². The first-order valence-corrected chi connectivity index (χ1v) is 6.46. The Morgan fingerprint density at radius 2 is 2.29 bits per heavy atom. The zero-order chi connectivity index (χ0) is 11.7. The summed E-state index contributed by atoms with van der Waals surface area (Å²) in [6, 6.07) is 0. The summed E-state index contributed by atoms with van der Waals surface area (Å²) in [6.07, 6.45) is 5.37. The number of fused-ring (bicyclic) bond motifs is 1. The highest BCUT2D eigenvalue weighted by Gasteiger charge is 2.13. The van der Waals surface area contributed by atoms with Gasteiger partial charge in [0.05, 0.1) is 6.54 Å². The van der Waals surface area contributed by atoms with Crippen molar-refractivity contribution in [2.24, 2.45) is 0 Å². The van der Waals surface area contributed by atoms with Gasteiger partial charge in [-0.2, -0.15) is 4.37 Å². The van der Waals surface area contributed by atoms with Crippen LogP contribution in [0.15, 0.2) is 6.20 Å². The van der Waals surface area contributed by atoms with E-state index >= 15 is 0 Å². The molecule has 0 radical (unpaired) electrons. The Bertz CT molecular complexity index is 536. The monoisotopic (exact) mass is 247 g/mol. The van der Waals surface area contributed by atoms with Crippen LogP contribution in [0.3, 0.4) is 0 Å². The molecular weight excluding hydrogens is 234 g/mol. The fraction of sp³-hybridized carbons (Fsp3) is 0.455. The van der Waals surface area contributed by atoms with Gasteiger partial charge in [-0.3, -0.25) is 0 Å². The molecule has 6 heteroatoms. The fourth-order valence-electron chi connectivity index (χ4n) is 1.96. The zero-order valence-electron chi connectivity index (χ0n) is 9.60. The maximum Gasteiger partial charge on any atom is 0.202 e. The van der Waals surface area contributed by atoms with Crippen LogP contribution in [0.5, 0.6) is 0 Å². The van der Waals surface area contributed by atoms with E-state index in [0.717, 1.165) is 29.6 Å². The Balaban J connectivity index is 1.69. The number of nitrogens with zero attached hydrogens (tertiary/aromatic N) is 4. The van der Waals surface area contributed by atoms with Crippen LogP contribution in [0, 0.1) is 6.92 Å². The van der Waals surface area contributed by atoms with Crippen molar-refractivity contribution in [2.75, 3.05) is 5.32 Å². The van der Waals surface area contributed by atoms with Crippen LogP contribution in [0.4, 0.5) is 5.13 Å². The summed E-state index contributed by atoms with van der Waals surface area (Å²) >= 11 is 1.37. The van der Waals surface area contributed by atoms with Crippen molar-refractivity contribution in [1.82, 2.24) is 19.3 Å². The van der Waals surface area contributed by atoms with Crippen LogP contribution in [0.25, 0.3) is 0 Å². The van der Waals surface area contributed by atoms with E-state index in [2.05, 4.69) is 24.6 Å².